The molecule has 0 aliphatic rings. The number of rotatable bonds is 5. The third-order valence-electron chi connectivity index (χ3n) is 2.87. The summed E-state index contributed by atoms with van der Waals surface area (Å²) in [6.07, 6.45) is 1.09. The lowest BCUT2D eigenvalue weighted by Crippen LogP contribution is -2.28. The highest BCUT2D eigenvalue weighted by molar-refractivity contribution is 5.86. The molecule has 0 aromatic heterocycles. The molecule has 2 heteroatoms. The highest BCUT2D eigenvalue weighted by atomic mass is 16.5. The zero-order chi connectivity index (χ0) is 11.4. The van der Waals surface area contributed by atoms with Crippen molar-refractivity contribution in [3.05, 3.63) is 12.2 Å². The molecule has 0 bridgehead atoms. The third kappa shape index (κ3) is 3.95. The largest absolute Gasteiger partial charge is 0.462 e. The Kier molecular flexibility index (Phi) is 4.89. The molecule has 0 rings (SSSR count). The van der Waals surface area contributed by atoms with Gasteiger partial charge in [-0.05, 0) is 12.8 Å². The fraction of sp³-hybridized carbons (Fsp3) is 0.750. The Morgan fingerprint density at radius 3 is 2.36 bits per heavy atom. The van der Waals surface area contributed by atoms with Crippen molar-refractivity contribution in [2.24, 2.45) is 11.3 Å². The van der Waals surface area contributed by atoms with Crippen LogP contribution in [0.25, 0.3) is 0 Å². The average Bonchev–Trinajstić information content (AvgIpc) is 2.12. The van der Waals surface area contributed by atoms with Crippen molar-refractivity contribution < 1.29 is 9.53 Å². The molecule has 0 fully saturated rings. The summed E-state index contributed by atoms with van der Waals surface area (Å²) in [5, 5.41) is 0. The maximum absolute atomic E-state index is 11.2. The molecular weight excluding hydrogens is 176 g/mol. The van der Waals surface area contributed by atoms with E-state index in [9.17, 15) is 4.79 Å². The zero-order valence-corrected chi connectivity index (χ0v) is 10.0. The normalized spacial score (nSPS) is 13.5. The molecule has 1 unspecified atom stereocenters. The van der Waals surface area contributed by atoms with Gasteiger partial charge in [0.1, 0.15) is 0 Å². The Hall–Kier alpha value is -0.790. The van der Waals surface area contributed by atoms with Crippen LogP contribution < -0.4 is 0 Å². The summed E-state index contributed by atoms with van der Waals surface area (Å²) in [6, 6.07) is 0. The smallest absolute Gasteiger partial charge is 0.333 e. The second-order valence-electron chi connectivity index (χ2n) is 4.65. The summed E-state index contributed by atoms with van der Waals surface area (Å²) >= 11 is 0. The number of carbonyl (C=O) groups is 1. The van der Waals surface area contributed by atoms with Gasteiger partial charge in [-0.1, -0.05) is 40.7 Å². The van der Waals surface area contributed by atoms with Crippen molar-refractivity contribution >= 4 is 5.97 Å². The molecule has 0 saturated carbocycles. The van der Waals surface area contributed by atoms with E-state index in [0.717, 1.165) is 6.42 Å². The van der Waals surface area contributed by atoms with Crippen molar-refractivity contribution in [1.29, 1.82) is 0 Å². The zero-order valence-electron chi connectivity index (χ0n) is 10.0. The molecular formula is C12H22O2. The Morgan fingerprint density at radius 1 is 1.50 bits per heavy atom. The van der Waals surface area contributed by atoms with Crippen LogP contribution in [0.2, 0.25) is 0 Å². The topological polar surface area (TPSA) is 26.3 Å². The van der Waals surface area contributed by atoms with Crippen molar-refractivity contribution in [3.8, 4) is 0 Å². The summed E-state index contributed by atoms with van der Waals surface area (Å²) in [6.45, 7) is 14.2. The molecule has 0 aliphatic carbocycles. The van der Waals surface area contributed by atoms with Crippen molar-refractivity contribution in [3.63, 3.8) is 0 Å². The minimum absolute atomic E-state index is 0.0415. The fourth-order valence-electron chi connectivity index (χ4n) is 1.07. The van der Waals surface area contributed by atoms with E-state index in [-0.39, 0.29) is 11.4 Å². The lowest BCUT2D eigenvalue weighted by atomic mass is 9.79. The Balaban J connectivity index is 4.11. The van der Waals surface area contributed by atoms with Crippen LogP contribution in [0.15, 0.2) is 12.2 Å². The molecule has 82 valence electrons. The van der Waals surface area contributed by atoms with Gasteiger partial charge < -0.3 is 4.74 Å². The molecule has 0 amide bonds. The molecule has 0 heterocycles. The Bertz CT molecular complexity index is 216. The molecule has 0 aromatic carbocycles. The molecule has 0 aliphatic heterocycles. The minimum Gasteiger partial charge on any atom is -0.462 e. The number of carbonyl (C=O) groups excluding carboxylic acids is 1. The van der Waals surface area contributed by atoms with Gasteiger partial charge in [-0.15, -0.1) is 0 Å². The minimum atomic E-state index is -0.290. The van der Waals surface area contributed by atoms with E-state index in [1.54, 1.807) is 6.92 Å². The van der Waals surface area contributed by atoms with Crippen molar-refractivity contribution in [1.82, 2.24) is 0 Å². The highest BCUT2D eigenvalue weighted by Gasteiger charge is 2.26. The predicted molar refractivity (Wildman–Crippen MR) is 59.0 cm³/mol. The monoisotopic (exact) mass is 198 g/mol. The Labute approximate surface area is 87.3 Å². The van der Waals surface area contributed by atoms with E-state index < -0.39 is 0 Å². The Morgan fingerprint density at radius 2 is 2.00 bits per heavy atom. The quantitative estimate of drug-likeness (QED) is 0.501. The summed E-state index contributed by atoms with van der Waals surface area (Å²) in [5.74, 6) is 0.252. The average molecular weight is 198 g/mol. The summed E-state index contributed by atoms with van der Waals surface area (Å²) in [7, 11) is 0. The van der Waals surface area contributed by atoms with Gasteiger partial charge in [-0.3, -0.25) is 0 Å². The van der Waals surface area contributed by atoms with Crippen LogP contribution in [0.4, 0.5) is 0 Å². The van der Waals surface area contributed by atoms with E-state index >= 15 is 0 Å². The van der Waals surface area contributed by atoms with Crippen LogP contribution in [-0.4, -0.2) is 12.6 Å². The number of esters is 1. The van der Waals surface area contributed by atoms with Gasteiger partial charge in [-0.2, -0.15) is 0 Å². The highest BCUT2D eigenvalue weighted by Crippen LogP contribution is 2.29. The molecule has 2 nitrogen and oxygen atoms in total. The second-order valence-corrected chi connectivity index (χ2v) is 4.65. The maximum Gasteiger partial charge on any atom is 0.333 e. The molecule has 0 spiro atoms. The predicted octanol–water partition coefficient (Wildman–Crippen LogP) is 3.18. The fourth-order valence-corrected chi connectivity index (χ4v) is 1.07. The first-order valence-electron chi connectivity index (χ1n) is 5.14. The summed E-state index contributed by atoms with van der Waals surface area (Å²) in [5.41, 5.74) is 0.504. The van der Waals surface area contributed by atoms with Crippen LogP contribution in [0.3, 0.4) is 0 Å². The second kappa shape index (κ2) is 5.18. The van der Waals surface area contributed by atoms with E-state index in [4.69, 9.17) is 4.74 Å². The van der Waals surface area contributed by atoms with Crippen LogP contribution >= 0.6 is 0 Å². The molecule has 14 heavy (non-hydrogen) atoms. The van der Waals surface area contributed by atoms with E-state index in [0.29, 0.717) is 18.1 Å². The van der Waals surface area contributed by atoms with Crippen LogP contribution in [-0.2, 0) is 9.53 Å². The van der Waals surface area contributed by atoms with Gasteiger partial charge in [0.2, 0.25) is 0 Å². The molecule has 0 radical (unpaired) electrons. The van der Waals surface area contributed by atoms with E-state index in [2.05, 4.69) is 34.3 Å². The molecule has 0 N–H and O–H groups in total. The first kappa shape index (κ1) is 13.2. The first-order valence-corrected chi connectivity index (χ1v) is 5.14. The van der Waals surface area contributed by atoms with Gasteiger partial charge in [0, 0.05) is 11.0 Å². The molecule has 1 atom stereocenters. The van der Waals surface area contributed by atoms with Gasteiger partial charge in [0.05, 0.1) is 6.61 Å². The maximum atomic E-state index is 11.2. The van der Waals surface area contributed by atoms with Gasteiger partial charge in [-0.25, -0.2) is 4.79 Å². The molecule has 0 saturated heterocycles. The third-order valence-corrected chi connectivity index (χ3v) is 2.87. The summed E-state index contributed by atoms with van der Waals surface area (Å²) in [4.78, 5) is 11.2. The molecule has 0 aromatic rings. The first-order chi connectivity index (χ1) is 6.31. The van der Waals surface area contributed by atoms with Crippen LogP contribution in [0, 0.1) is 11.3 Å². The van der Waals surface area contributed by atoms with E-state index in [1.165, 1.54) is 0 Å². The summed E-state index contributed by atoms with van der Waals surface area (Å²) < 4.78 is 5.15. The van der Waals surface area contributed by atoms with Crippen LogP contribution in [0.5, 0.6) is 0 Å². The van der Waals surface area contributed by atoms with E-state index in [1.807, 2.05) is 0 Å². The standard InChI is InChI=1S/C12H22O2/c1-7-10(4)12(5,6)8-14-11(13)9(2)3/h10H,2,7-8H2,1,3-6H3. The van der Waals surface area contributed by atoms with Crippen molar-refractivity contribution in [2.45, 2.75) is 41.0 Å². The van der Waals surface area contributed by atoms with Crippen LogP contribution in [0.1, 0.15) is 41.0 Å². The lowest BCUT2D eigenvalue weighted by Gasteiger charge is -2.30. The lowest BCUT2D eigenvalue weighted by molar-refractivity contribution is -0.142. The number of hydrogen-bond acceptors (Lipinski definition) is 2. The van der Waals surface area contributed by atoms with Gasteiger partial charge in [0.25, 0.3) is 0 Å². The van der Waals surface area contributed by atoms with Crippen molar-refractivity contribution in [2.75, 3.05) is 6.61 Å². The van der Waals surface area contributed by atoms with Gasteiger partial charge in [0.15, 0.2) is 0 Å². The number of ether oxygens (including phenoxy) is 1. The van der Waals surface area contributed by atoms with Gasteiger partial charge >= 0.3 is 5.97 Å². The SMILES string of the molecule is C=C(C)C(=O)OCC(C)(C)C(C)CC. The number of hydrogen-bond donors (Lipinski definition) is 0.